The van der Waals surface area contributed by atoms with E-state index in [0.29, 0.717) is 24.6 Å². The highest BCUT2D eigenvalue weighted by Gasteiger charge is 2.19. The quantitative estimate of drug-likeness (QED) is 0.691. The second kappa shape index (κ2) is 7.40. The summed E-state index contributed by atoms with van der Waals surface area (Å²) < 4.78 is 30.3. The summed E-state index contributed by atoms with van der Waals surface area (Å²) in [6.07, 6.45) is 0. The van der Waals surface area contributed by atoms with Gasteiger partial charge in [0.25, 0.3) is 0 Å². The highest BCUT2D eigenvalue weighted by molar-refractivity contribution is 5.56. The Labute approximate surface area is 157 Å². The Morgan fingerprint density at radius 3 is 2.93 bits per heavy atom. The predicted octanol–water partition coefficient (Wildman–Crippen LogP) is 4.19. The smallest absolute Gasteiger partial charge is 0.226 e. The minimum Gasteiger partial charge on any atom is -0.494 e. The normalized spacial score (nSPS) is 14.3. The van der Waals surface area contributed by atoms with Crippen molar-refractivity contribution in [1.82, 2.24) is 9.88 Å². The summed E-state index contributed by atoms with van der Waals surface area (Å²) in [6.45, 7) is 4.79. The van der Waals surface area contributed by atoms with Gasteiger partial charge < -0.3 is 13.9 Å². The van der Waals surface area contributed by atoms with E-state index in [1.54, 1.807) is 12.1 Å². The van der Waals surface area contributed by atoms with Gasteiger partial charge in [0, 0.05) is 30.8 Å². The lowest BCUT2D eigenvalue weighted by Gasteiger charge is -2.17. The van der Waals surface area contributed by atoms with Gasteiger partial charge in [-0.15, -0.1) is 0 Å². The standard InChI is InChI=1S/C21H21FN2O3/c1-14-18(13-24-9-10-26-19-6-4-3-5-16(19)12-24)23-21(27-14)15-7-8-17(22)20(11-15)25-2/h3-8,11H,9-10,12-13H2,1-2H3. The van der Waals surface area contributed by atoms with Crippen molar-refractivity contribution in [2.75, 3.05) is 20.3 Å². The third-order valence-corrected chi connectivity index (χ3v) is 4.70. The third-order valence-electron chi connectivity index (χ3n) is 4.70. The summed E-state index contributed by atoms with van der Waals surface area (Å²) in [6, 6.07) is 12.7. The van der Waals surface area contributed by atoms with E-state index in [9.17, 15) is 4.39 Å². The zero-order valence-corrected chi connectivity index (χ0v) is 15.4. The fraction of sp³-hybridized carbons (Fsp3) is 0.286. The van der Waals surface area contributed by atoms with Crippen LogP contribution in [0, 0.1) is 12.7 Å². The van der Waals surface area contributed by atoms with E-state index in [2.05, 4.69) is 16.0 Å². The summed E-state index contributed by atoms with van der Waals surface area (Å²) >= 11 is 0. The van der Waals surface area contributed by atoms with Crippen molar-refractivity contribution in [1.29, 1.82) is 0 Å². The van der Waals surface area contributed by atoms with Crippen LogP contribution in [0.4, 0.5) is 4.39 Å². The average Bonchev–Trinajstić information content (AvgIpc) is 2.91. The molecule has 1 aromatic heterocycles. The molecule has 140 valence electrons. The number of para-hydroxylation sites is 1. The second-order valence-electron chi connectivity index (χ2n) is 6.54. The molecule has 2 heterocycles. The maximum absolute atomic E-state index is 13.6. The average molecular weight is 368 g/mol. The van der Waals surface area contributed by atoms with E-state index in [4.69, 9.17) is 13.9 Å². The van der Waals surface area contributed by atoms with Gasteiger partial charge in [0.2, 0.25) is 5.89 Å². The van der Waals surface area contributed by atoms with E-state index in [1.807, 2.05) is 25.1 Å². The van der Waals surface area contributed by atoms with Crippen LogP contribution in [0.5, 0.6) is 11.5 Å². The van der Waals surface area contributed by atoms with Gasteiger partial charge in [-0.1, -0.05) is 18.2 Å². The monoisotopic (exact) mass is 368 g/mol. The van der Waals surface area contributed by atoms with Gasteiger partial charge >= 0.3 is 0 Å². The Hall–Kier alpha value is -2.86. The molecule has 3 aromatic rings. The lowest BCUT2D eigenvalue weighted by atomic mass is 10.2. The molecule has 1 aliphatic rings. The first-order chi connectivity index (χ1) is 13.1. The molecule has 4 rings (SSSR count). The topological polar surface area (TPSA) is 47.7 Å². The molecule has 2 aromatic carbocycles. The second-order valence-corrected chi connectivity index (χ2v) is 6.54. The Bertz CT molecular complexity index is 954. The zero-order chi connectivity index (χ0) is 18.8. The molecule has 0 spiro atoms. The van der Waals surface area contributed by atoms with Crippen molar-refractivity contribution in [2.45, 2.75) is 20.0 Å². The highest BCUT2D eigenvalue weighted by atomic mass is 19.1. The number of hydrogen-bond acceptors (Lipinski definition) is 5. The summed E-state index contributed by atoms with van der Waals surface area (Å²) in [5.41, 5.74) is 2.72. The SMILES string of the molecule is COc1cc(-c2nc(CN3CCOc4ccccc4C3)c(C)o2)ccc1F. The van der Waals surface area contributed by atoms with Gasteiger partial charge in [-0.25, -0.2) is 9.37 Å². The van der Waals surface area contributed by atoms with Crippen LogP contribution in [0.25, 0.3) is 11.5 Å². The molecule has 0 radical (unpaired) electrons. The molecule has 0 bridgehead atoms. The number of fused-ring (bicyclic) bond motifs is 1. The Kier molecular flexibility index (Phi) is 4.81. The van der Waals surface area contributed by atoms with E-state index in [-0.39, 0.29) is 5.75 Å². The van der Waals surface area contributed by atoms with Crippen LogP contribution in [-0.4, -0.2) is 30.1 Å². The van der Waals surface area contributed by atoms with Crippen LogP contribution in [0.1, 0.15) is 17.0 Å². The van der Waals surface area contributed by atoms with Gasteiger partial charge in [0.1, 0.15) is 18.1 Å². The molecule has 0 saturated carbocycles. The van der Waals surface area contributed by atoms with Crippen molar-refractivity contribution >= 4 is 0 Å². The maximum Gasteiger partial charge on any atom is 0.226 e. The van der Waals surface area contributed by atoms with Crippen molar-refractivity contribution in [3.8, 4) is 23.0 Å². The molecule has 0 N–H and O–H groups in total. The van der Waals surface area contributed by atoms with Crippen LogP contribution in [-0.2, 0) is 13.1 Å². The number of aryl methyl sites for hydroxylation is 1. The van der Waals surface area contributed by atoms with Crippen molar-refractivity contribution < 1.29 is 18.3 Å². The third kappa shape index (κ3) is 3.66. The number of aromatic nitrogens is 1. The largest absolute Gasteiger partial charge is 0.494 e. The molecule has 0 atom stereocenters. The Balaban J connectivity index is 1.55. The van der Waals surface area contributed by atoms with E-state index in [0.717, 1.165) is 30.3 Å². The fourth-order valence-electron chi connectivity index (χ4n) is 3.22. The first-order valence-electron chi connectivity index (χ1n) is 8.87. The predicted molar refractivity (Wildman–Crippen MR) is 99.2 cm³/mol. The Morgan fingerprint density at radius 1 is 1.22 bits per heavy atom. The minimum atomic E-state index is -0.409. The molecule has 1 aliphatic heterocycles. The molecule has 0 saturated heterocycles. The fourth-order valence-corrected chi connectivity index (χ4v) is 3.22. The molecule has 27 heavy (non-hydrogen) atoms. The number of ether oxygens (including phenoxy) is 2. The minimum absolute atomic E-state index is 0.172. The molecule has 5 nitrogen and oxygen atoms in total. The van der Waals surface area contributed by atoms with Crippen molar-refractivity contribution in [3.63, 3.8) is 0 Å². The van der Waals surface area contributed by atoms with Crippen LogP contribution in [0.3, 0.4) is 0 Å². The van der Waals surface area contributed by atoms with E-state index in [1.165, 1.54) is 18.7 Å². The molecule has 0 fully saturated rings. The molecule has 6 heteroatoms. The Morgan fingerprint density at radius 2 is 2.07 bits per heavy atom. The van der Waals surface area contributed by atoms with Crippen molar-refractivity contribution in [2.24, 2.45) is 0 Å². The molecular formula is C21H21FN2O3. The first kappa shape index (κ1) is 17.5. The summed E-state index contributed by atoms with van der Waals surface area (Å²) in [4.78, 5) is 6.92. The van der Waals surface area contributed by atoms with Crippen LogP contribution in [0.2, 0.25) is 0 Å². The summed E-state index contributed by atoms with van der Waals surface area (Å²) in [5.74, 6) is 1.93. The lowest BCUT2D eigenvalue weighted by molar-refractivity contribution is 0.217. The summed E-state index contributed by atoms with van der Waals surface area (Å²) in [5, 5.41) is 0. The zero-order valence-electron chi connectivity index (χ0n) is 15.4. The highest BCUT2D eigenvalue weighted by Crippen LogP contribution is 2.29. The van der Waals surface area contributed by atoms with Crippen molar-refractivity contribution in [3.05, 3.63) is 65.3 Å². The lowest BCUT2D eigenvalue weighted by Crippen LogP contribution is -2.25. The number of methoxy groups -OCH3 is 1. The maximum atomic E-state index is 13.6. The number of nitrogens with zero attached hydrogens (tertiary/aromatic N) is 2. The van der Waals surface area contributed by atoms with Gasteiger partial charge in [0.15, 0.2) is 11.6 Å². The molecule has 0 amide bonds. The van der Waals surface area contributed by atoms with Crippen LogP contribution in [0.15, 0.2) is 46.9 Å². The number of rotatable bonds is 4. The summed E-state index contributed by atoms with van der Waals surface area (Å²) in [7, 11) is 1.44. The molecule has 0 unspecified atom stereocenters. The number of oxazole rings is 1. The molecule has 0 aliphatic carbocycles. The number of halogens is 1. The van der Waals surface area contributed by atoms with E-state index >= 15 is 0 Å². The first-order valence-corrected chi connectivity index (χ1v) is 8.87. The van der Waals surface area contributed by atoms with Gasteiger partial charge in [0.05, 0.1) is 12.8 Å². The van der Waals surface area contributed by atoms with Gasteiger partial charge in [-0.3, -0.25) is 4.90 Å². The van der Waals surface area contributed by atoms with Gasteiger partial charge in [-0.2, -0.15) is 0 Å². The van der Waals surface area contributed by atoms with Crippen LogP contribution >= 0.6 is 0 Å². The van der Waals surface area contributed by atoms with E-state index < -0.39 is 5.82 Å². The number of benzene rings is 2. The van der Waals surface area contributed by atoms with Crippen LogP contribution < -0.4 is 9.47 Å². The number of hydrogen-bond donors (Lipinski definition) is 0. The van der Waals surface area contributed by atoms with Gasteiger partial charge in [-0.05, 0) is 31.2 Å². The molecular weight excluding hydrogens is 347 g/mol.